The Labute approximate surface area is 188 Å². The van der Waals surface area contributed by atoms with Crippen LogP contribution in [0.4, 0.5) is 4.79 Å². The zero-order valence-electron chi connectivity index (χ0n) is 18.5. The lowest BCUT2D eigenvalue weighted by Crippen LogP contribution is -2.34. The van der Waals surface area contributed by atoms with Gasteiger partial charge in [0.25, 0.3) is 0 Å². The van der Waals surface area contributed by atoms with Gasteiger partial charge in [0.15, 0.2) is 6.04 Å². The lowest BCUT2D eigenvalue weighted by Gasteiger charge is -2.21. The summed E-state index contributed by atoms with van der Waals surface area (Å²) in [4.78, 5) is 24.4. The first-order valence-corrected chi connectivity index (χ1v) is 10.7. The number of benzene rings is 3. The molecule has 1 atom stereocenters. The molecule has 3 aromatic rings. The summed E-state index contributed by atoms with van der Waals surface area (Å²) in [6.07, 6.45) is -0.751. The van der Waals surface area contributed by atoms with Gasteiger partial charge in [-0.05, 0) is 38.8 Å². The van der Waals surface area contributed by atoms with E-state index in [2.05, 4.69) is 38.2 Å². The van der Waals surface area contributed by atoms with Gasteiger partial charge in [0.05, 0.1) is 0 Å². The summed E-state index contributed by atoms with van der Waals surface area (Å²) < 4.78 is 5.51. The van der Waals surface area contributed by atoms with E-state index in [9.17, 15) is 14.7 Å². The van der Waals surface area contributed by atoms with Crippen molar-refractivity contribution in [3.63, 3.8) is 0 Å². The van der Waals surface area contributed by atoms with E-state index < -0.39 is 18.1 Å². The maximum atomic E-state index is 12.5. The smallest absolute Gasteiger partial charge is 0.408 e. The molecule has 0 heterocycles. The van der Waals surface area contributed by atoms with Crippen LogP contribution in [0.2, 0.25) is 0 Å². The molecular weight excluding hydrogens is 402 g/mol. The molecule has 5 nitrogen and oxygen atoms in total. The van der Waals surface area contributed by atoms with Gasteiger partial charge in [-0.2, -0.15) is 0 Å². The SMILES string of the molecule is CC(C)(C)c1ccc([C@H](NC(=O)OCC2c3ccccc3-c3ccccc32)C(=O)O)cc1. The van der Waals surface area contributed by atoms with Crippen molar-refractivity contribution in [1.29, 1.82) is 0 Å². The van der Waals surface area contributed by atoms with Crippen LogP contribution in [0.15, 0.2) is 72.8 Å². The first-order valence-electron chi connectivity index (χ1n) is 10.7. The molecule has 3 aromatic carbocycles. The monoisotopic (exact) mass is 429 g/mol. The minimum absolute atomic E-state index is 0.0442. The van der Waals surface area contributed by atoms with Crippen LogP contribution in [0, 0.1) is 0 Å². The first kappa shape index (κ1) is 21.6. The second-order valence-electron chi connectivity index (χ2n) is 9.11. The highest BCUT2D eigenvalue weighted by atomic mass is 16.5. The molecule has 0 bridgehead atoms. The highest BCUT2D eigenvalue weighted by molar-refractivity contribution is 5.82. The Balaban J connectivity index is 1.47. The highest BCUT2D eigenvalue weighted by Crippen LogP contribution is 2.44. The summed E-state index contributed by atoms with van der Waals surface area (Å²) in [5, 5.41) is 12.2. The Morgan fingerprint density at radius 2 is 1.44 bits per heavy atom. The molecule has 0 fully saturated rings. The molecule has 0 aliphatic heterocycles. The third-order valence-corrected chi connectivity index (χ3v) is 5.96. The summed E-state index contributed by atoms with van der Waals surface area (Å²) >= 11 is 0. The molecule has 164 valence electrons. The molecule has 2 N–H and O–H groups in total. The number of carboxylic acids is 1. The number of aliphatic carboxylic acids is 1. The van der Waals surface area contributed by atoms with Gasteiger partial charge in [-0.3, -0.25) is 0 Å². The number of hydrogen-bond donors (Lipinski definition) is 2. The van der Waals surface area contributed by atoms with Gasteiger partial charge in [-0.1, -0.05) is 93.6 Å². The van der Waals surface area contributed by atoms with Crippen LogP contribution in [0.1, 0.15) is 55.0 Å². The summed E-state index contributed by atoms with van der Waals surface area (Å²) in [7, 11) is 0. The molecule has 0 spiro atoms. The van der Waals surface area contributed by atoms with Crippen LogP contribution < -0.4 is 5.32 Å². The molecule has 0 aromatic heterocycles. The molecule has 32 heavy (non-hydrogen) atoms. The second-order valence-corrected chi connectivity index (χ2v) is 9.11. The van der Waals surface area contributed by atoms with Gasteiger partial charge in [0, 0.05) is 5.92 Å². The third-order valence-electron chi connectivity index (χ3n) is 5.96. The van der Waals surface area contributed by atoms with Crippen molar-refractivity contribution >= 4 is 12.1 Å². The zero-order valence-corrected chi connectivity index (χ0v) is 18.5. The fourth-order valence-electron chi connectivity index (χ4n) is 4.22. The molecule has 5 heteroatoms. The van der Waals surface area contributed by atoms with E-state index >= 15 is 0 Å². The topological polar surface area (TPSA) is 75.6 Å². The van der Waals surface area contributed by atoms with E-state index in [0.29, 0.717) is 5.56 Å². The van der Waals surface area contributed by atoms with Gasteiger partial charge in [-0.15, -0.1) is 0 Å². The van der Waals surface area contributed by atoms with Crippen molar-refractivity contribution in [2.45, 2.75) is 38.1 Å². The van der Waals surface area contributed by atoms with Crippen LogP contribution in [0.5, 0.6) is 0 Å². The number of nitrogens with one attached hydrogen (secondary N) is 1. The standard InChI is InChI=1S/C27H27NO4/c1-27(2,3)18-14-12-17(13-15-18)24(25(29)30)28-26(31)32-16-23-21-10-6-4-8-19(21)20-9-5-7-11-22(20)23/h4-15,23-24H,16H2,1-3H3,(H,28,31)(H,29,30)/t24-/m0/s1. The van der Waals surface area contributed by atoms with Gasteiger partial charge < -0.3 is 15.2 Å². The van der Waals surface area contributed by atoms with Crippen LogP contribution in [0.25, 0.3) is 11.1 Å². The lowest BCUT2D eigenvalue weighted by molar-refractivity contribution is -0.139. The average molecular weight is 430 g/mol. The first-order chi connectivity index (χ1) is 15.3. The number of hydrogen-bond acceptors (Lipinski definition) is 3. The van der Waals surface area contributed by atoms with Gasteiger partial charge in [0.1, 0.15) is 6.61 Å². The number of carboxylic acid groups (broad SMARTS) is 1. The summed E-state index contributed by atoms with van der Waals surface area (Å²) in [6.45, 7) is 6.40. The minimum atomic E-state index is -1.18. The molecule has 0 saturated heterocycles. The number of ether oxygens (including phenoxy) is 1. The fraction of sp³-hybridized carbons (Fsp3) is 0.259. The maximum Gasteiger partial charge on any atom is 0.408 e. The highest BCUT2D eigenvalue weighted by Gasteiger charge is 2.30. The predicted octanol–water partition coefficient (Wildman–Crippen LogP) is 5.65. The lowest BCUT2D eigenvalue weighted by atomic mass is 9.86. The molecule has 4 rings (SSSR count). The van der Waals surface area contributed by atoms with Crippen LogP contribution >= 0.6 is 0 Å². The van der Waals surface area contributed by atoms with Crippen molar-refractivity contribution in [3.8, 4) is 11.1 Å². The van der Waals surface area contributed by atoms with Gasteiger partial charge >= 0.3 is 12.1 Å². The average Bonchev–Trinajstić information content (AvgIpc) is 3.09. The Kier molecular flexibility index (Phi) is 5.74. The number of fused-ring (bicyclic) bond motifs is 3. The zero-order chi connectivity index (χ0) is 22.9. The molecule has 1 aliphatic rings. The molecule has 1 amide bonds. The summed E-state index contributed by atoms with van der Waals surface area (Å²) in [6, 6.07) is 22.2. The predicted molar refractivity (Wildman–Crippen MR) is 124 cm³/mol. The number of alkyl carbamates (subject to hydrolysis) is 1. The van der Waals surface area contributed by atoms with Crippen molar-refractivity contribution in [2.75, 3.05) is 6.61 Å². The van der Waals surface area contributed by atoms with Crippen molar-refractivity contribution in [3.05, 3.63) is 95.1 Å². The summed E-state index contributed by atoms with van der Waals surface area (Å²) in [5.41, 5.74) is 6.03. The molecular formula is C27H27NO4. The van der Waals surface area contributed by atoms with Crippen LogP contribution in [-0.4, -0.2) is 23.8 Å². The van der Waals surface area contributed by atoms with Crippen LogP contribution in [0.3, 0.4) is 0 Å². The van der Waals surface area contributed by atoms with E-state index in [0.717, 1.165) is 27.8 Å². The largest absolute Gasteiger partial charge is 0.479 e. The minimum Gasteiger partial charge on any atom is -0.479 e. The Morgan fingerprint density at radius 3 is 1.94 bits per heavy atom. The van der Waals surface area contributed by atoms with E-state index in [-0.39, 0.29) is 17.9 Å². The number of carbonyl (C=O) groups is 2. The molecule has 0 unspecified atom stereocenters. The Morgan fingerprint density at radius 1 is 0.906 bits per heavy atom. The molecule has 0 radical (unpaired) electrons. The molecule has 0 saturated carbocycles. The van der Waals surface area contributed by atoms with E-state index in [1.165, 1.54) is 0 Å². The number of carbonyl (C=O) groups excluding carboxylic acids is 1. The normalized spacial score (nSPS) is 13.7. The van der Waals surface area contributed by atoms with Crippen molar-refractivity contribution < 1.29 is 19.4 Å². The van der Waals surface area contributed by atoms with Crippen molar-refractivity contribution in [1.82, 2.24) is 5.32 Å². The number of amides is 1. The second kappa shape index (κ2) is 8.50. The van der Waals surface area contributed by atoms with Gasteiger partial charge in [0.2, 0.25) is 0 Å². The Hall–Kier alpha value is -3.60. The third kappa shape index (κ3) is 4.24. The van der Waals surface area contributed by atoms with E-state index in [1.54, 1.807) is 12.1 Å². The maximum absolute atomic E-state index is 12.5. The number of rotatable bonds is 5. The van der Waals surface area contributed by atoms with E-state index in [1.807, 2.05) is 48.5 Å². The quantitative estimate of drug-likeness (QED) is 0.550. The summed E-state index contributed by atoms with van der Waals surface area (Å²) in [5.74, 6) is -1.22. The fourth-order valence-corrected chi connectivity index (χ4v) is 4.22. The van der Waals surface area contributed by atoms with Crippen LogP contribution in [-0.2, 0) is 14.9 Å². The van der Waals surface area contributed by atoms with Gasteiger partial charge in [-0.25, -0.2) is 9.59 Å². The Bertz CT molecular complexity index is 1100. The van der Waals surface area contributed by atoms with E-state index in [4.69, 9.17) is 4.74 Å². The van der Waals surface area contributed by atoms with Crippen molar-refractivity contribution in [2.24, 2.45) is 0 Å². The molecule has 1 aliphatic carbocycles.